The Morgan fingerprint density at radius 1 is 1.25 bits per heavy atom. The van der Waals surface area contributed by atoms with Gasteiger partial charge >= 0.3 is 0 Å². The summed E-state index contributed by atoms with van der Waals surface area (Å²) in [7, 11) is 1.58. The van der Waals surface area contributed by atoms with Crippen molar-refractivity contribution in [1.82, 2.24) is 19.9 Å². The first kappa shape index (κ1) is 16.2. The third kappa shape index (κ3) is 3.03. The lowest BCUT2D eigenvalue weighted by Crippen LogP contribution is -2.25. The smallest absolute Gasteiger partial charge is 0.267 e. The molecule has 1 N–H and O–H groups in total. The highest BCUT2D eigenvalue weighted by Gasteiger charge is 2.16. The molecule has 0 unspecified atom stereocenters. The van der Waals surface area contributed by atoms with Crippen molar-refractivity contribution in [3.8, 4) is 5.82 Å². The maximum atomic E-state index is 13.0. The lowest BCUT2D eigenvalue weighted by atomic mass is 10.2. The molecule has 0 fully saturated rings. The van der Waals surface area contributed by atoms with Crippen LogP contribution in [0.4, 0.5) is 0 Å². The number of aromatic nitrogens is 3. The zero-order valence-corrected chi connectivity index (χ0v) is 14.1. The highest BCUT2D eigenvalue weighted by atomic mass is 32.2. The van der Waals surface area contributed by atoms with E-state index in [-0.39, 0.29) is 17.2 Å². The monoisotopic (exact) mass is 340 g/mol. The topological polar surface area (TPSA) is 76.9 Å². The number of hydrogen-bond donors (Lipinski definition) is 1. The van der Waals surface area contributed by atoms with Gasteiger partial charge < -0.3 is 5.32 Å². The molecule has 0 bridgehead atoms. The van der Waals surface area contributed by atoms with E-state index in [4.69, 9.17) is 0 Å². The Balaban J connectivity index is 2.24. The van der Waals surface area contributed by atoms with Gasteiger partial charge in [0.25, 0.3) is 5.56 Å². The van der Waals surface area contributed by atoms with E-state index >= 15 is 0 Å². The molecule has 0 radical (unpaired) electrons. The second-order valence-corrected chi connectivity index (χ2v) is 6.10. The number of rotatable bonds is 4. The first-order valence-electron chi connectivity index (χ1n) is 7.39. The van der Waals surface area contributed by atoms with E-state index in [0.717, 1.165) is 5.56 Å². The van der Waals surface area contributed by atoms with Gasteiger partial charge in [-0.1, -0.05) is 30.0 Å². The molecule has 6 nitrogen and oxygen atoms in total. The van der Waals surface area contributed by atoms with Crippen molar-refractivity contribution < 1.29 is 4.79 Å². The van der Waals surface area contributed by atoms with Gasteiger partial charge in [-0.3, -0.25) is 9.59 Å². The summed E-state index contributed by atoms with van der Waals surface area (Å²) in [6.45, 7) is 1.89. The van der Waals surface area contributed by atoms with E-state index in [2.05, 4.69) is 15.3 Å². The normalized spacial score (nSPS) is 10.8. The Hall–Kier alpha value is -2.67. The lowest BCUT2D eigenvalue weighted by molar-refractivity contribution is -0.118. The average Bonchev–Trinajstić information content (AvgIpc) is 2.61. The number of nitrogens with zero attached hydrogens (tertiary/aromatic N) is 3. The number of amides is 1. The van der Waals surface area contributed by atoms with Crippen molar-refractivity contribution in [1.29, 1.82) is 0 Å². The van der Waals surface area contributed by atoms with Crippen LogP contribution in [-0.2, 0) is 4.79 Å². The molecule has 3 aromatic rings. The predicted octanol–water partition coefficient (Wildman–Crippen LogP) is 1.93. The number of fused-ring (bicyclic) bond motifs is 1. The maximum absolute atomic E-state index is 13.0. The van der Waals surface area contributed by atoms with Gasteiger partial charge in [0.2, 0.25) is 5.91 Å². The van der Waals surface area contributed by atoms with E-state index in [0.29, 0.717) is 21.9 Å². The minimum absolute atomic E-state index is 0.133. The molecule has 0 saturated carbocycles. The van der Waals surface area contributed by atoms with E-state index in [1.165, 1.54) is 16.3 Å². The zero-order valence-electron chi connectivity index (χ0n) is 13.3. The van der Waals surface area contributed by atoms with Crippen LogP contribution in [0.25, 0.3) is 16.7 Å². The van der Waals surface area contributed by atoms with Gasteiger partial charge in [0, 0.05) is 13.2 Å². The Bertz CT molecular complexity index is 968. The van der Waals surface area contributed by atoms with Crippen molar-refractivity contribution in [3.63, 3.8) is 0 Å². The van der Waals surface area contributed by atoms with Crippen LogP contribution >= 0.6 is 11.8 Å². The summed E-state index contributed by atoms with van der Waals surface area (Å²) in [5, 5.41) is 3.54. The summed E-state index contributed by atoms with van der Waals surface area (Å²) in [6.07, 6.45) is 1.64. The summed E-state index contributed by atoms with van der Waals surface area (Å²) in [5.41, 5.74) is 1.27. The number of hydrogen-bond acceptors (Lipinski definition) is 5. The fourth-order valence-corrected chi connectivity index (χ4v) is 3.18. The first-order chi connectivity index (χ1) is 11.6. The highest BCUT2D eigenvalue weighted by Crippen LogP contribution is 2.21. The number of benzene rings is 1. The van der Waals surface area contributed by atoms with Crippen LogP contribution < -0.4 is 10.9 Å². The van der Waals surface area contributed by atoms with Gasteiger partial charge in [0.15, 0.2) is 5.16 Å². The second kappa shape index (κ2) is 6.84. The van der Waals surface area contributed by atoms with E-state index in [9.17, 15) is 9.59 Å². The quantitative estimate of drug-likeness (QED) is 0.580. The first-order valence-corrected chi connectivity index (χ1v) is 8.37. The second-order valence-electron chi connectivity index (χ2n) is 5.16. The molecule has 122 valence electrons. The van der Waals surface area contributed by atoms with Crippen molar-refractivity contribution in [2.45, 2.75) is 12.1 Å². The van der Waals surface area contributed by atoms with Crippen LogP contribution in [0.3, 0.4) is 0 Å². The van der Waals surface area contributed by atoms with Gasteiger partial charge in [-0.05, 0) is 30.7 Å². The van der Waals surface area contributed by atoms with Gasteiger partial charge in [-0.25, -0.2) is 14.5 Å². The molecule has 0 saturated heterocycles. The number of nitrogens with one attached hydrogen (secondary N) is 1. The Labute approximate surface area is 142 Å². The maximum Gasteiger partial charge on any atom is 0.267 e. The molecule has 0 aliphatic heterocycles. The molecule has 24 heavy (non-hydrogen) atoms. The number of carbonyl (C=O) groups excluding carboxylic acids is 1. The highest BCUT2D eigenvalue weighted by molar-refractivity contribution is 7.99. The van der Waals surface area contributed by atoms with E-state index < -0.39 is 0 Å². The molecule has 0 atom stereocenters. The fraction of sp³-hybridized carbons (Fsp3) is 0.176. The molecule has 2 heterocycles. The minimum atomic E-state index is -0.193. The van der Waals surface area contributed by atoms with Gasteiger partial charge in [0.05, 0.1) is 16.7 Å². The molecular formula is C17H16N4O2S. The largest absolute Gasteiger partial charge is 0.358 e. The summed E-state index contributed by atoms with van der Waals surface area (Å²) >= 11 is 1.21. The van der Waals surface area contributed by atoms with Gasteiger partial charge in [-0.2, -0.15) is 0 Å². The van der Waals surface area contributed by atoms with Crippen LogP contribution in [0.1, 0.15) is 5.56 Å². The molecule has 7 heteroatoms. The fourth-order valence-electron chi connectivity index (χ4n) is 2.31. The molecule has 1 amide bonds. The molecule has 0 aliphatic rings. The van der Waals surface area contributed by atoms with Crippen molar-refractivity contribution in [2.24, 2.45) is 0 Å². The van der Waals surface area contributed by atoms with E-state index in [1.54, 1.807) is 31.4 Å². The van der Waals surface area contributed by atoms with Crippen LogP contribution in [0.5, 0.6) is 0 Å². The summed E-state index contributed by atoms with van der Waals surface area (Å²) in [4.78, 5) is 33.5. The van der Waals surface area contributed by atoms with Crippen molar-refractivity contribution in [2.75, 3.05) is 12.8 Å². The Morgan fingerprint density at radius 2 is 2.04 bits per heavy atom. The summed E-state index contributed by atoms with van der Waals surface area (Å²) in [5.74, 6) is 0.569. The number of pyridine rings is 1. The molecule has 2 aromatic heterocycles. The standard InChI is InChI=1S/C17H16N4O2S/c1-11-6-5-9-19-15(11)21-16(23)12-7-3-4-8-13(12)20-17(21)24-10-14(22)18-2/h3-9H,10H2,1-2H3,(H,18,22). The van der Waals surface area contributed by atoms with Crippen LogP contribution in [0.2, 0.25) is 0 Å². The minimum Gasteiger partial charge on any atom is -0.358 e. The average molecular weight is 340 g/mol. The molecule has 3 rings (SSSR count). The summed E-state index contributed by atoms with van der Waals surface area (Å²) in [6, 6.07) is 10.9. The van der Waals surface area contributed by atoms with E-state index in [1.807, 2.05) is 25.1 Å². The molecule has 0 spiro atoms. The SMILES string of the molecule is CNC(=O)CSc1nc2ccccc2c(=O)n1-c1ncccc1C. The molecule has 0 aliphatic carbocycles. The van der Waals surface area contributed by atoms with Crippen LogP contribution in [0.15, 0.2) is 52.5 Å². The third-order valence-corrected chi connectivity index (χ3v) is 4.49. The molecule has 1 aromatic carbocycles. The summed E-state index contributed by atoms with van der Waals surface area (Å²) < 4.78 is 1.48. The van der Waals surface area contributed by atoms with Crippen molar-refractivity contribution in [3.05, 3.63) is 58.5 Å². The Morgan fingerprint density at radius 3 is 2.79 bits per heavy atom. The van der Waals surface area contributed by atoms with Crippen LogP contribution in [-0.4, -0.2) is 33.2 Å². The van der Waals surface area contributed by atoms with Crippen molar-refractivity contribution >= 4 is 28.6 Å². The number of aryl methyl sites for hydroxylation is 1. The van der Waals surface area contributed by atoms with Gasteiger partial charge in [-0.15, -0.1) is 0 Å². The predicted molar refractivity (Wildman–Crippen MR) is 94.7 cm³/mol. The number of para-hydroxylation sites is 1. The lowest BCUT2D eigenvalue weighted by Gasteiger charge is -2.13. The van der Waals surface area contributed by atoms with Crippen LogP contribution in [0, 0.1) is 6.92 Å². The number of thioether (sulfide) groups is 1. The number of carbonyl (C=O) groups is 1. The Kier molecular flexibility index (Phi) is 4.61. The van der Waals surface area contributed by atoms with Gasteiger partial charge in [0.1, 0.15) is 5.82 Å². The third-order valence-electron chi connectivity index (χ3n) is 3.55. The molecular weight excluding hydrogens is 324 g/mol. The zero-order chi connectivity index (χ0) is 17.1.